The Labute approximate surface area is 253 Å². The molecule has 9 heteroatoms. The molecule has 0 amide bonds. The minimum Gasteiger partial charge on any atom is -0.490 e. The first-order chi connectivity index (χ1) is 20.5. The Morgan fingerprint density at radius 2 is 1.58 bits per heavy atom. The lowest BCUT2D eigenvalue weighted by Crippen LogP contribution is -2.25. The topological polar surface area (TPSA) is 49.2 Å². The quantitative estimate of drug-likeness (QED) is 0.126. The molecular weight excluding hydrogens is 567 g/mol. The molecule has 0 atom stereocenters. The fourth-order valence-electron chi connectivity index (χ4n) is 5.42. The van der Waals surface area contributed by atoms with E-state index >= 15 is 0 Å². The van der Waals surface area contributed by atoms with E-state index in [0.29, 0.717) is 18.1 Å². The van der Waals surface area contributed by atoms with E-state index < -0.39 is 19.9 Å². The average molecular weight is 608 g/mol. The average Bonchev–Trinajstić information content (AvgIpc) is 3.42. The number of hydrogen-bond acceptors (Lipinski definition) is 4. The van der Waals surface area contributed by atoms with Gasteiger partial charge in [0, 0.05) is 38.2 Å². The number of nitrogens with zero attached hydrogens (tertiary/aromatic N) is 3. The summed E-state index contributed by atoms with van der Waals surface area (Å²) in [4.78, 5) is 8.43. The smallest absolute Gasteiger partial charge is 0.434 e. The van der Waals surface area contributed by atoms with Crippen LogP contribution in [0, 0.1) is 5.92 Å². The monoisotopic (exact) mass is 607 g/mol. The van der Waals surface area contributed by atoms with E-state index in [0.717, 1.165) is 48.5 Å². The van der Waals surface area contributed by atoms with Crippen LogP contribution < -0.4 is 4.74 Å². The van der Waals surface area contributed by atoms with Crippen LogP contribution in [-0.4, -0.2) is 35.3 Å². The second-order valence-electron chi connectivity index (χ2n) is 12.7. The first-order valence-electron chi connectivity index (χ1n) is 15.0. The lowest BCUT2D eigenvalue weighted by atomic mass is 9.83. The molecule has 5 nitrogen and oxygen atoms in total. The van der Waals surface area contributed by atoms with E-state index in [4.69, 9.17) is 9.47 Å². The highest BCUT2D eigenvalue weighted by Crippen LogP contribution is 2.33. The van der Waals surface area contributed by atoms with Gasteiger partial charge in [0.25, 0.3) is 0 Å². The van der Waals surface area contributed by atoms with Gasteiger partial charge in [0.05, 0.1) is 11.8 Å². The maximum Gasteiger partial charge on any atom is 0.434 e. The number of rotatable bonds is 11. The van der Waals surface area contributed by atoms with Gasteiger partial charge in [-0.2, -0.15) is 13.2 Å². The number of ether oxygens (including phenoxy) is 2. The van der Waals surface area contributed by atoms with Crippen LogP contribution in [0.4, 0.5) is 13.2 Å². The standard InChI is InChI=1S/C34H40F3N3O2Si/c1-43(2,3)20-19-41-24-40-23-32(34(35,36)37)39-33(40)28-13-18-31(38-22-28)27-11-16-30(17-12-27)42-29-14-9-26(10-15-29)21-25-7-5-4-6-8-25/h4-8,11-13,16-18,22-23,26,29H,9-10,14-15,19-21,24H2,1-3H3. The molecule has 5 rings (SSSR count). The molecule has 4 aromatic rings. The van der Waals surface area contributed by atoms with Crippen molar-refractivity contribution in [2.45, 2.75) is 76.8 Å². The van der Waals surface area contributed by atoms with Gasteiger partial charge in [-0.05, 0) is 86.0 Å². The summed E-state index contributed by atoms with van der Waals surface area (Å²) in [5.74, 6) is 1.73. The largest absolute Gasteiger partial charge is 0.490 e. The number of pyridine rings is 1. The predicted molar refractivity (Wildman–Crippen MR) is 167 cm³/mol. The van der Waals surface area contributed by atoms with Crippen LogP contribution in [0.15, 0.2) is 79.1 Å². The number of halogens is 3. The molecule has 1 fully saturated rings. The summed E-state index contributed by atoms with van der Waals surface area (Å²) in [5, 5.41) is 0. The molecule has 0 bridgehead atoms. The molecule has 1 aliphatic rings. The molecule has 0 spiro atoms. The number of benzene rings is 2. The van der Waals surface area contributed by atoms with Gasteiger partial charge in [-0.15, -0.1) is 0 Å². The molecule has 0 unspecified atom stereocenters. The van der Waals surface area contributed by atoms with Crippen LogP contribution in [0.2, 0.25) is 25.7 Å². The van der Waals surface area contributed by atoms with Crippen molar-refractivity contribution in [3.05, 3.63) is 90.4 Å². The first kappa shape index (κ1) is 31.0. The highest BCUT2D eigenvalue weighted by atomic mass is 28.3. The molecule has 2 aromatic carbocycles. The molecule has 1 saturated carbocycles. The number of aromatic nitrogens is 3. The van der Waals surface area contributed by atoms with E-state index in [1.54, 1.807) is 18.3 Å². The van der Waals surface area contributed by atoms with Gasteiger partial charge < -0.3 is 14.0 Å². The zero-order chi connectivity index (χ0) is 30.5. The Morgan fingerprint density at radius 1 is 0.884 bits per heavy atom. The molecule has 228 valence electrons. The van der Waals surface area contributed by atoms with E-state index in [9.17, 15) is 13.2 Å². The highest BCUT2D eigenvalue weighted by molar-refractivity contribution is 6.76. The van der Waals surface area contributed by atoms with Crippen molar-refractivity contribution in [3.8, 4) is 28.4 Å². The summed E-state index contributed by atoms with van der Waals surface area (Å²) in [6, 6.07) is 23.0. The molecule has 2 aromatic heterocycles. The van der Waals surface area contributed by atoms with Crippen molar-refractivity contribution in [2.75, 3.05) is 6.61 Å². The van der Waals surface area contributed by atoms with Crippen LogP contribution in [0.25, 0.3) is 22.6 Å². The van der Waals surface area contributed by atoms with E-state index in [2.05, 4.69) is 59.9 Å². The van der Waals surface area contributed by atoms with Crippen LogP contribution >= 0.6 is 0 Å². The van der Waals surface area contributed by atoms with Crippen molar-refractivity contribution in [1.29, 1.82) is 0 Å². The van der Waals surface area contributed by atoms with Gasteiger partial charge >= 0.3 is 6.18 Å². The van der Waals surface area contributed by atoms with Crippen LogP contribution in [0.5, 0.6) is 5.75 Å². The molecule has 43 heavy (non-hydrogen) atoms. The van der Waals surface area contributed by atoms with Gasteiger partial charge in [0.15, 0.2) is 5.69 Å². The molecule has 0 radical (unpaired) electrons. The zero-order valence-electron chi connectivity index (χ0n) is 25.1. The van der Waals surface area contributed by atoms with Gasteiger partial charge in [0.2, 0.25) is 0 Å². The SMILES string of the molecule is C[Si](C)(C)CCOCn1cc(C(F)(F)F)nc1-c1ccc(-c2ccc(OC3CCC(Cc4ccccc4)CC3)cc2)nc1. The molecule has 0 N–H and O–H groups in total. The molecule has 1 aliphatic carbocycles. The number of alkyl halides is 3. The normalized spacial score (nSPS) is 17.6. The van der Waals surface area contributed by atoms with Crippen molar-refractivity contribution in [3.63, 3.8) is 0 Å². The predicted octanol–water partition coefficient (Wildman–Crippen LogP) is 9.12. The van der Waals surface area contributed by atoms with E-state index in [-0.39, 0.29) is 18.7 Å². The van der Waals surface area contributed by atoms with Gasteiger partial charge in [-0.1, -0.05) is 50.0 Å². The van der Waals surface area contributed by atoms with Crippen LogP contribution in [0.3, 0.4) is 0 Å². The lowest BCUT2D eigenvalue weighted by molar-refractivity contribution is -0.141. The second-order valence-corrected chi connectivity index (χ2v) is 18.3. The zero-order valence-corrected chi connectivity index (χ0v) is 26.1. The van der Waals surface area contributed by atoms with Crippen molar-refractivity contribution in [1.82, 2.24) is 14.5 Å². The van der Waals surface area contributed by atoms with Crippen LogP contribution in [0.1, 0.15) is 36.9 Å². The maximum atomic E-state index is 13.5. The molecule has 0 saturated heterocycles. The molecular formula is C34H40F3N3O2Si. The van der Waals surface area contributed by atoms with Gasteiger partial charge in [-0.25, -0.2) is 4.98 Å². The fourth-order valence-corrected chi connectivity index (χ4v) is 6.17. The summed E-state index contributed by atoms with van der Waals surface area (Å²) in [6.45, 7) is 7.19. The summed E-state index contributed by atoms with van der Waals surface area (Å²) >= 11 is 0. The Kier molecular flexibility index (Phi) is 9.71. The third-order valence-corrected chi connectivity index (χ3v) is 9.63. The van der Waals surface area contributed by atoms with Gasteiger partial charge in [0.1, 0.15) is 18.3 Å². The van der Waals surface area contributed by atoms with Crippen molar-refractivity contribution >= 4 is 8.07 Å². The number of hydrogen-bond donors (Lipinski definition) is 0. The third-order valence-electron chi connectivity index (χ3n) is 7.93. The van der Waals surface area contributed by atoms with Gasteiger partial charge in [-0.3, -0.25) is 4.98 Å². The second kappa shape index (κ2) is 13.5. The van der Waals surface area contributed by atoms with Crippen molar-refractivity contribution < 1.29 is 22.6 Å². The minimum absolute atomic E-state index is 0.000777. The summed E-state index contributed by atoms with van der Waals surface area (Å²) < 4.78 is 53.8. The lowest BCUT2D eigenvalue weighted by Gasteiger charge is -2.29. The summed E-state index contributed by atoms with van der Waals surface area (Å²) in [7, 11) is -1.31. The summed E-state index contributed by atoms with van der Waals surface area (Å²) in [6.07, 6.45) is 3.82. The first-order valence-corrected chi connectivity index (χ1v) is 18.7. The third kappa shape index (κ3) is 8.80. The molecule has 0 aliphatic heterocycles. The summed E-state index contributed by atoms with van der Waals surface area (Å²) in [5.41, 5.74) is 2.58. The Morgan fingerprint density at radius 3 is 2.21 bits per heavy atom. The highest BCUT2D eigenvalue weighted by Gasteiger charge is 2.35. The fraction of sp³-hybridized carbons (Fsp3) is 0.412. The molecule has 2 heterocycles. The number of imidazole rings is 1. The Bertz CT molecular complexity index is 1440. The maximum absolute atomic E-state index is 13.5. The Hall–Kier alpha value is -3.43. The minimum atomic E-state index is -4.54. The van der Waals surface area contributed by atoms with E-state index in [1.165, 1.54) is 23.0 Å². The van der Waals surface area contributed by atoms with Crippen LogP contribution in [-0.2, 0) is 24.1 Å². The Balaban J connectivity index is 1.19. The van der Waals surface area contributed by atoms with E-state index in [1.807, 2.05) is 24.3 Å². The van der Waals surface area contributed by atoms with Crippen molar-refractivity contribution in [2.24, 2.45) is 5.92 Å².